The molecule has 0 aliphatic rings. The molecule has 0 aliphatic carbocycles. The Balaban J connectivity index is 2.70. The molecular formula is C12H15F2NO3S. The summed E-state index contributed by atoms with van der Waals surface area (Å²) >= 11 is 0. The fraction of sp³-hybridized carbons (Fsp3) is 0.417. The van der Waals surface area contributed by atoms with Crippen LogP contribution >= 0.6 is 0 Å². The summed E-state index contributed by atoms with van der Waals surface area (Å²) in [6.07, 6.45) is 1.08. The summed E-state index contributed by atoms with van der Waals surface area (Å²) in [5, 5.41) is 0. The van der Waals surface area contributed by atoms with Gasteiger partial charge in [0.1, 0.15) is 21.5 Å². The number of rotatable bonds is 6. The lowest BCUT2D eigenvalue weighted by atomic mass is 10.1. The molecule has 0 atom stereocenters. The smallest absolute Gasteiger partial charge is 0.182 e. The first-order chi connectivity index (χ1) is 8.70. The van der Waals surface area contributed by atoms with E-state index in [1.165, 1.54) is 18.0 Å². The Bertz CT molecular complexity index is 552. The van der Waals surface area contributed by atoms with Gasteiger partial charge in [0.15, 0.2) is 5.78 Å². The first kappa shape index (κ1) is 15.7. The van der Waals surface area contributed by atoms with Crippen molar-refractivity contribution in [2.24, 2.45) is 0 Å². The van der Waals surface area contributed by atoms with Crippen LogP contribution < -0.4 is 0 Å². The maximum atomic E-state index is 13.4. The Hall–Kier alpha value is -1.34. The van der Waals surface area contributed by atoms with E-state index in [1.807, 2.05) is 0 Å². The van der Waals surface area contributed by atoms with Crippen molar-refractivity contribution in [1.82, 2.24) is 4.90 Å². The highest BCUT2D eigenvalue weighted by Crippen LogP contribution is 2.13. The van der Waals surface area contributed by atoms with Crippen LogP contribution in [0.25, 0.3) is 0 Å². The van der Waals surface area contributed by atoms with E-state index in [2.05, 4.69) is 0 Å². The topological polar surface area (TPSA) is 54.5 Å². The summed E-state index contributed by atoms with van der Waals surface area (Å²) in [6.45, 7) is -0.117. The lowest BCUT2D eigenvalue weighted by molar-refractivity contribution is 0.0941. The molecule has 7 heteroatoms. The van der Waals surface area contributed by atoms with Gasteiger partial charge in [-0.05, 0) is 19.2 Å². The molecule has 0 aliphatic heterocycles. The first-order valence-electron chi connectivity index (χ1n) is 5.54. The molecule has 1 aromatic carbocycles. The van der Waals surface area contributed by atoms with Gasteiger partial charge < -0.3 is 0 Å². The minimum atomic E-state index is -3.14. The van der Waals surface area contributed by atoms with Crippen molar-refractivity contribution < 1.29 is 22.0 Å². The molecule has 0 aromatic heterocycles. The quantitative estimate of drug-likeness (QED) is 0.737. The molecular weight excluding hydrogens is 276 g/mol. The van der Waals surface area contributed by atoms with E-state index in [0.29, 0.717) is 0 Å². The van der Waals surface area contributed by atoms with Crippen molar-refractivity contribution in [2.45, 2.75) is 0 Å². The summed E-state index contributed by atoms with van der Waals surface area (Å²) in [5.41, 5.74) is -0.589. The fourth-order valence-corrected chi connectivity index (χ4v) is 2.13. The predicted octanol–water partition coefficient (Wildman–Crippen LogP) is 1.12. The molecule has 4 nitrogen and oxygen atoms in total. The number of hydrogen-bond donors (Lipinski definition) is 0. The fourth-order valence-electron chi connectivity index (χ4n) is 1.49. The number of benzene rings is 1. The minimum Gasteiger partial charge on any atom is -0.298 e. The molecule has 0 unspecified atom stereocenters. The summed E-state index contributed by atoms with van der Waals surface area (Å²) in [4.78, 5) is 13.2. The van der Waals surface area contributed by atoms with Crippen molar-refractivity contribution in [3.05, 3.63) is 35.4 Å². The van der Waals surface area contributed by atoms with Gasteiger partial charge in [0.05, 0.1) is 17.9 Å². The molecule has 0 saturated carbocycles. The number of Topliss-reactive ketones (excluding diaryl/α,β-unsaturated/α-hetero) is 1. The average molecular weight is 291 g/mol. The van der Waals surface area contributed by atoms with Crippen LogP contribution in [0, 0.1) is 11.6 Å². The number of ketones is 1. The highest BCUT2D eigenvalue weighted by molar-refractivity contribution is 7.90. The largest absolute Gasteiger partial charge is 0.298 e. The predicted molar refractivity (Wildman–Crippen MR) is 67.9 cm³/mol. The zero-order valence-corrected chi connectivity index (χ0v) is 11.5. The molecule has 0 bridgehead atoms. The number of sulfone groups is 1. The van der Waals surface area contributed by atoms with Gasteiger partial charge in [-0.3, -0.25) is 9.69 Å². The van der Waals surface area contributed by atoms with Gasteiger partial charge in [-0.25, -0.2) is 17.2 Å². The maximum Gasteiger partial charge on any atom is 0.182 e. The highest BCUT2D eigenvalue weighted by atomic mass is 32.2. The van der Waals surface area contributed by atoms with E-state index in [-0.39, 0.29) is 18.8 Å². The van der Waals surface area contributed by atoms with E-state index in [9.17, 15) is 22.0 Å². The summed E-state index contributed by atoms with van der Waals surface area (Å²) in [6, 6.07) is 3.19. The molecule has 19 heavy (non-hydrogen) atoms. The normalized spacial score (nSPS) is 11.8. The van der Waals surface area contributed by atoms with Crippen LogP contribution in [0.3, 0.4) is 0 Å². The molecule has 0 radical (unpaired) electrons. The third-order valence-electron chi connectivity index (χ3n) is 2.50. The number of nitrogens with zero attached hydrogens (tertiary/aromatic N) is 1. The molecule has 106 valence electrons. The molecule has 1 rings (SSSR count). The Morgan fingerprint density at radius 3 is 2.26 bits per heavy atom. The number of carbonyl (C=O) groups is 1. The molecule has 0 spiro atoms. The van der Waals surface area contributed by atoms with E-state index < -0.39 is 32.8 Å². The van der Waals surface area contributed by atoms with E-state index in [4.69, 9.17) is 0 Å². The van der Waals surface area contributed by atoms with E-state index in [0.717, 1.165) is 18.4 Å². The van der Waals surface area contributed by atoms with Gasteiger partial charge in [0.25, 0.3) is 0 Å². The Morgan fingerprint density at radius 2 is 1.79 bits per heavy atom. The molecule has 1 aromatic rings. The van der Waals surface area contributed by atoms with Crippen LogP contribution in [0.5, 0.6) is 0 Å². The highest BCUT2D eigenvalue weighted by Gasteiger charge is 2.18. The number of hydrogen-bond acceptors (Lipinski definition) is 4. The van der Waals surface area contributed by atoms with Gasteiger partial charge in [0, 0.05) is 12.8 Å². The van der Waals surface area contributed by atoms with Gasteiger partial charge in [-0.2, -0.15) is 0 Å². The molecule has 0 N–H and O–H groups in total. The zero-order valence-electron chi connectivity index (χ0n) is 10.7. The number of halogens is 2. The SMILES string of the molecule is CN(CCS(C)(=O)=O)CC(=O)c1c(F)cccc1F. The van der Waals surface area contributed by atoms with Gasteiger partial charge >= 0.3 is 0 Å². The van der Waals surface area contributed by atoms with Crippen molar-refractivity contribution in [3.63, 3.8) is 0 Å². The van der Waals surface area contributed by atoms with Crippen molar-refractivity contribution in [1.29, 1.82) is 0 Å². The Morgan fingerprint density at radius 1 is 1.26 bits per heavy atom. The summed E-state index contributed by atoms with van der Waals surface area (Å²) < 4.78 is 48.6. The molecule has 0 heterocycles. The van der Waals surface area contributed by atoms with E-state index >= 15 is 0 Å². The van der Waals surface area contributed by atoms with Crippen molar-refractivity contribution in [2.75, 3.05) is 32.1 Å². The number of carbonyl (C=O) groups excluding carboxylic acids is 1. The van der Waals surface area contributed by atoms with Crippen molar-refractivity contribution >= 4 is 15.6 Å². The van der Waals surface area contributed by atoms with Gasteiger partial charge in [-0.1, -0.05) is 6.07 Å². The molecule has 0 saturated heterocycles. The average Bonchev–Trinajstić information content (AvgIpc) is 2.25. The third-order valence-corrected chi connectivity index (χ3v) is 3.42. The van der Waals surface area contributed by atoms with Crippen LogP contribution in [0.2, 0.25) is 0 Å². The second kappa shape index (κ2) is 6.21. The molecule has 0 fully saturated rings. The second-order valence-electron chi connectivity index (χ2n) is 4.39. The van der Waals surface area contributed by atoms with Gasteiger partial charge in [0.2, 0.25) is 0 Å². The summed E-state index contributed by atoms with van der Waals surface area (Å²) in [5.74, 6) is -2.66. The first-order valence-corrected chi connectivity index (χ1v) is 7.60. The van der Waals surface area contributed by atoms with E-state index in [1.54, 1.807) is 0 Å². The number of likely N-dealkylation sites (N-methyl/N-ethyl adjacent to an activating group) is 1. The second-order valence-corrected chi connectivity index (χ2v) is 6.65. The van der Waals surface area contributed by atoms with Crippen LogP contribution in [0.15, 0.2) is 18.2 Å². The molecule has 0 amide bonds. The maximum absolute atomic E-state index is 13.4. The van der Waals surface area contributed by atoms with Crippen molar-refractivity contribution in [3.8, 4) is 0 Å². The Kier molecular flexibility index (Phi) is 5.13. The lowest BCUT2D eigenvalue weighted by Crippen LogP contribution is -2.31. The van der Waals surface area contributed by atoms with Crippen LogP contribution in [-0.4, -0.2) is 51.2 Å². The van der Waals surface area contributed by atoms with Crippen LogP contribution in [0.4, 0.5) is 8.78 Å². The third kappa shape index (κ3) is 5.04. The van der Waals surface area contributed by atoms with Gasteiger partial charge in [-0.15, -0.1) is 0 Å². The minimum absolute atomic E-state index is 0.115. The lowest BCUT2D eigenvalue weighted by Gasteiger charge is -2.15. The standard InChI is InChI=1S/C12H15F2NO3S/c1-15(6-7-19(2,17)18)8-11(16)12-9(13)4-3-5-10(12)14/h3-5H,6-8H2,1-2H3. The summed E-state index contributed by atoms with van der Waals surface area (Å²) in [7, 11) is -1.62. The Labute approximate surface area is 110 Å². The monoisotopic (exact) mass is 291 g/mol. The van der Waals surface area contributed by atoms with Crippen LogP contribution in [0.1, 0.15) is 10.4 Å². The van der Waals surface area contributed by atoms with Crippen LogP contribution in [-0.2, 0) is 9.84 Å². The zero-order chi connectivity index (χ0) is 14.6.